The highest BCUT2D eigenvalue weighted by Crippen LogP contribution is 2.47. The van der Waals surface area contributed by atoms with Crippen LogP contribution in [0.3, 0.4) is 0 Å². The molecule has 0 radical (unpaired) electrons. The summed E-state index contributed by atoms with van der Waals surface area (Å²) in [7, 11) is 0. The Kier molecular flexibility index (Phi) is 9.09. The van der Waals surface area contributed by atoms with Crippen molar-refractivity contribution in [3.8, 4) is 24.1 Å². The normalized spacial score (nSPS) is 20.8. The van der Waals surface area contributed by atoms with Crippen molar-refractivity contribution in [2.75, 3.05) is 82.1 Å². The molecule has 0 spiro atoms. The number of phenols is 1. The number of halogens is 1. The first kappa shape index (κ1) is 32.1. The Morgan fingerprint density at radius 2 is 1.98 bits per heavy atom. The molecule has 1 amide bonds. The number of nitrogens with one attached hydrogen (secondary N) is 1. The summed E-state index contributed by atoms with van der Waals surface area (Å²) in [6.45, 7) is 11.3. The highest BCUT2D eigenvalue weighted by atomic mass is 19.1. The summed E-state index contributed by atoms with van der Waals surface area (Å²) in [6.07, 6.45) is 9.80. The van der Waals surface area contributed by atoms with Gasteiger partial charge in [-0.15, -0.1) is 6.42 Å². The summed E-state index contributed by atoms with van der Waals surface area (Å²) < 4.78 is 32.7. The molecule has 12 heteroatoms. The van der Waals surface area contributed by atoms with E-state index in [0.29, 0.717) is 74.9 Å². The topological polar surface area (TPSA) is 113 Å². The van der Waals surface area contributed by atoms with Crippen LogP contribution in [0.5, 0.6) is 11.8 Å². The summed E-state index contributed by atoms with van der Waals surface area (Å²) >= 11 is 0. The summed E-state index contributed by atoms with van der Waals surface area (Å²) in [5, 5.41) is 14.9. The Balaban J connectivity index is 1.22. The zero-order valence-electron chi connectivity index (χ0n) is 27.0. The van der Waals surface area contributed by atoms with Crippen LogP contribution in [-0.4, -0.2) is 104 Å². The van der Waals surface area contributed by atoms with E-state index in [0.717, 1.165) is 62.8 Å². The highest BCUT2D eigenvalue weighted by Gasteiger charge is 2.45. The molecule has 1 atom stereocenters. The van der Waals surface area contributed by atoms with E-state index >= 15 is 0 Å². The Bertz CT molecular complexity index is 1750. The molecule has 3 aliphatic heterocycles. The molecule has 7 rings (SSSR count). The lowest BCUT2D eigenvalue weighted by Crippen LogP contribution is -2.45. The number of phenolic OH excluding ortho intramolecular Hbond substituents is 1. The number of fused-ring (bicyclic) bond motifs is 2. The Hall–Kier alpha value is -4.44. The maximum atomic E-state index is 14.9. The Morgan fingerprint density at radius 1 is 1.17 bits per heavy atom. The van der Waals surface area contributed by atoms with Gasteiger partial charge in [0.15, 0.2) is 0 Å². The number of carbonyl (C=O) groups is 1. The molecule has 252 valence electrons. The molecule has 2 N–H and O–H groups in total. The van der Waals surface area contributed by atoms with Gasteiger partial charge in [0.1, 0.15) is 17.4 Å². The average molecular weight is 657 g/mol. The van der Waals surface area contributed by atoms with Gasteiger partial charge < -0.3 is 34.4 Å². The zero-order chi connectivity index (χ0) is 33.3. The van der Waals surface area contributed by atoms with Crippen LogP contribution >= 0.6 is 0 Å². The monoisotopic (exact) mass is 656 g/mol. The summed E-state index contributed by atoms with van der Waals surface area (Å²) in [4.78, 5) is 28.8. The van der Waals surface area contributed by atoms with E-state index in [1.165, 1.54) is 12.1 Å². The third kappa shape index (κ3) is 6.76. The number of nitrogens with zero attached hydrogens (tertiary/aromatic N) is 5. The van der Waals surface area contributed by atoms with Crippen molar-refractivity contribution in [3.63, 3.8) is 0 Å². The van der Waals surface area contributed by atoms with Crippen molar-refractivity contribution in [1.29, 1.82) is 0 Å². The molecule has 1 unspecified atom stereocenters. The van der Waals surface area contributed by atoms with Crippen LogP contribution in [0.2, 0.25) is 0 Å². The van der Waals surface area contributed by atoms with Gasteiger partial charge in [-0.25, -0.2) is 4.39 Å². The lowest BCUT2D eigenvalue weighted by molar-refractivity contribution is -0.117. The summed E-state index contributed by atoms with van der Waals surface area (Å²) in [5.41, 5.74) is 2.63. The maximum absolute atomic E-state index is 14.9. The van der Waals surface area contributed by atoms with Crippen LogP contribution in [0.1, 0.15) is 29.7 Å². The third-order valence-corrected chi connectivity index (χ3v) is 9.76. The van der Waals surface area contributed by atoms with E-state index in [4.69, 9.17) is 30.6 Å². The highest BCUT2D eigenvalue weighted by molar-refractivity contribution is 6.00. The van der Waals surface area contributed by atoms with Crippen molar-refractivity contribution in [1.82, 2.24) is 20.2 Å². The van der Waals surface area contributed by atoms with Crippen molar-refractivity contribution in [2.45, 2.75) is 31.8 Å². The second-order valence-corrected chi connectivity index (χ2v) is 13.2. The van der Waals surface area contributed by atoms with E-state index in [1.54, 1.807) is 18.2 Å². The number of anilines is 2. The lowest BCUT2D eigenvalue weighted by Gasteiger charge is -2.34. The SMILES string of the molecule is C#Cc1c(F)ccc2cc(O)cc(N3CCc4c(nc(OCC5(CN6CCOCC6)CC5)nc4N4CCOCC(NC(=O)C=C)C4)C3)c12. The first-order valence-electron chi connectivity index (χ1n) is 16.6. The van der Waals surface area contributed by atoms with E-state index in [1.807, 2.05) is 0 Å². The van der Waals surface area contributed by atoms with Gasteiger partial charge in [0.05, 0.1) is 56.9 Å². The van der Waals surface area contributed by atoms with Gasteiger partial charge in [-0.2, -0.15) is 9.97 Å². The first-order chi connectivity index (χ1) is 23.3. The molecular formula is C36H41FN6O5. The maximum Gasteiger partial charge on any atom is 0.318 e. The molecule has 3 aromatic rings. The van der Waals surface area contributed by atoms with E-state index in [9.17, 15) is 14.3 Å². The molecule has 4 heterocycles. The van der Waals surface area contributed by atoms with Crippen LogP contribution in [-0.2, 0) is 27.2 Å². The number of hydrogen-bond acceptors (Lipinski definition) is 10. The van der Waals surface area contributed by atoms with Crippen LogP contribution in [0, 0.1) is 23.6 Å². The molecule has 48 heavy (non-hydrogen) atoms. The van der Waals surface area contributed by atoms with Gasteiger partial charge in [-0.05, 0) is 42.9 Å². The minimum absolute atomic E-state index is 0.0650. The van der Waals surface area contributed by atoms with E-state index < -0.39 is 5.82 Å². The number of terminal acetylenes is 1. The number of aromatic hydroxyl groups is 1. The van der Waals surface area contributed by atoms with E-state index in [2.05, 4.69) is 32.5 Å². The molecule has 11 nitrogen and oxygen atoms in total. The molecule has 3 fully saturated rings. The Morgan fingerprint density at radius 3 is 2.75 bits per heavy atom. The molecule has 4 aliphatic rings. The van der Waals surface area contributed by atoms with Crippen molar-refractivity contribution >= 4 is 28.2 Å². The number of carbonyl (C=O) groups excluding carboxylic acids is 1. The molecule has 1 aliphatic carbocycles. The minimum atomic E-state index is -0.484. The number of aromatic nitrogens is 2. The number of ether oxygens (including phenoxy) is 3. The van der Waals surface area contributed by atoms with Crippen LogP contribution in [0.25, 0.3) is 10.8 Å². The standard InChI is InChI=1S/C36H41FN6O5/c1-3-27-29(37)6-5-24-17-26(44)18-31(33(24)27)42-10-7-28-30(20-42)39-35(48-23-36(8-9-36)22-41-11-14-46-15-12-41)40-34(28)43-13-16-47-21-25(19-43)38-32(45)4-2/h1,4-6,17-18,25,44H,2,7-16,19-23H2,(H,38,45). The molecule has 2 aromatic carbocycles. The number of benzene rings is 2. The number of hydrogen-bond donors (Lipinski definition) is 2. The molecule has 2 saturated heterocycles. The average Bonchev–Trinajstić information content (AvgIpc) is 3.90. The van der Waals surface area contributed by atoms with Crippen LogP contribution < -0.4 is 19.9 Å². The zero-order valence-corrected chi connectivity index (χ0v) is 27.0. The quantitative estimate of drug-likeness (QED) is 0.263. The summed E-state index contributed by atoms with van der Waals surface area (Å²) in [5.74, 6) is 2.60. The largest absolute Gasteiger partial charge is 0.508 e. The van der Waals surface area contributed by atoms with Gasteiger partial charge in [0.2, 0.25) is 5.91 Å². The second-order valence-electron chi connectivity index (χ2n) is 13.2. The fraction of sp³-hybridized carbons (Fsp3) is 0.472. The first-order valence-corrected chi connectivity index (χ1v) is 16.6. The van der Waals surface area contributed by atoms with Crippen LogP contribution in [0.4, 0.5) is 15.9 Å². The van der Waals surface area contributed by atoms with Crippen molar-refractivity contribution < 1.29 is 28.5 Å². The third-order valence-electron chi connectivity index (χ3n) is 9.76. The van der Waals surface area contributed by atoms with Crippen LogP contribution in [0.15, 0.2) is 36.9 Å². The van der Waals surface area contributed by atoms with Gasteiger partial charge in [0, 0.05) is 67.4 Å². The second kappa shape index (κ2) is 13.6. The van der Waals surface area contributed by atoms with Gasteiger partial charge in [-0.3, -0.25) is 9.69 Å². The van der Waals surface area contributed by atoms with E-state index in [-0.39, 0.29) is 28.7 Å². The summed E-state index contributed by atoms with van der Waals surface area (Å²) in [6, 6.07) is 6.23. The van der Waals surface area contributed by atoms with Crippen molar-refractivity contribution in [3.05, 3.63) is 59.6 Å². The molecule has 1 saturated carbocycles. The molecule has 0 bridgehead atoms. The predicted octanol–water partition coefficient (Wildman–Crippen LogP) is 3.02. The van der Waals surface area contributed by atoms with Crippen molar-refractivity contribution in [2.24, 2.45) is 5.41 Å². The lowest BCUT2D eigenvalue weighted by atomic mass is 9.98. The fourth-order valence-electron chi connectivity index (χ4n) is 7.04. The van der Waals surface area contributed by atoms with Gasteiger partial charge >= 0.3 is 6.01 Å². The number of amides is 1. The van der Waals surface area contributed by atoms with Gasteiger partial charge in [0.25, 0.3) is 0 Å². The number of morpholine rings is 1. The Labute approximate surface area is 279 Å². The molecular weight excluding hydrogens is 615 g/mol. The minimum Gasteiger partial charge on any atom is -0.508 e. The van der Waals surface area contributed by atoms with Gasteiger partial charge in [-0.1, -0.05) is 18.6 Å². The molecule has 1 aromatic heterocycles. The fourth-order valence-corrected chi connectivity index (χ4v) is 7.04. The smallest absolute Gasteiger partial charge is 0.318 e. The predicted molar refractivity (Wildman–Crippen MR) is 180 cm³/mol. The number of rotatable bonds is 9.